The second kappa shape index (κ2) is 15.8. The first-order chi connectivity index (χ1) is 16.2. The molecule has 0 N–H and O–H groups in total. The average Bonchev–Trinajstić information content (AvgIpc) is 3.19. The Balaban J connectivity index is 2.77. The summed E-state index contributed by atoms with van der Waals surface area (Å²) in [7, 11) is 0. The van der Waals surface area contributed by atoms with Crippen LogP contribution >= 0.6 is 0 Å². The number of rotatable bonds is 18. The molecular formula is C33H55. The van der Waals surface area contributed by atoms with Gasteiger partial charge in [0.25, 0.3) is 0 Å². The number of allylic oxidation sites excluding steroid dienone is 2. The van der Waals surface area contributed by atoms with E-state index in [0.717, 1.165) is 0 Å². The molecule has 1 aromatic carbocycles. The third kappa shape index (κ3) is 7.47. The molecule has 0 saturated carbocycles. The number of hydrogen-bond donors (Lipinski definition) is 0. The molecule has 0 amide bonds. The second-order valence-corrected chi connectivity index (χ2v) is 10.5. The fourth-order valence-corrected chi connectivity index (χ4v) is 5.73. The summed E-state index contributed by atoms with van der Waals surface area (Å²) in [6, 6.07) is 0. The van der Waals surface area contributed by atoms with E-state index in [1.54, 1.807) is 44.5 Å². The van der Waals surface area contributed by atoms with Crippen molar-refractivity contribution in [2.45, 2.75) is 157 Å². The fraction of sp³-hybridized carbons (Fsp3) is 0.727. The van der Waals surface area contributed by atoms with Crippen LogP contribution in [0.1, 0.15) is 165 Å². The first-order valence-electron chi connectivity index (χ1n) is 14.9. The molecule has 0 heteroatoms. The minimum Gasteiger partial charge on any atom is -0.0654 e. The van der Waals surface area contributed by atoms with Crippen molar-refractivity contribution in [2.75, 3.05) is 0 Å². The molecule has 0 spiro atoms. The molecule has 0 bridgehead atoms. The lowest BCUT2D eigenvalue weighted by atomic mass is 9.79. The molecule has 0 aliphatic heterocycles. The van der Waals surface area contributed by atoms with Crippen LogP contribution in [0.25, 0.3) is 5.57 Å². The highest BCUT2D eigenvalue weighted by Gasteiger charge is 2.30. The molecule has 1 aliphatic carbocycles. The maximum atomic E-state index is 2.69. The molecule has 1 aromatic rings. The summed E-state index contributed by atoms with van der Waals surface area (Å²) in [5.74, 6) is 0. The fourth-order valence-electron chi connectivity index (χ4n) is 5.73. The number of benzene rings is 1. The standard InChI is InChI=1S/C33H55/c1-7-13-19-26-25-32-30(23-17-11-5)28(21-15-9-3)29(22-16-10-4)31(24-18-12-6)33(32)27(26)20-14-8-2/h25H,7-24H2,1-6H3. The van der Waals surface area contributed by atoms with E-state index in [-0.39, 0.29) is 0 Å². The lowest BCUT2D eigenvalue weighted by Crippen LogP contribution is -2.12. The van der Waals surface area contributed by atoms with Crippen LogP contribution in [0.3, 0.4) is 0 Å². The predicted octanol–water partition coefficient (Wildman–Crippen LogP) is 10.8. The van der Waals surface area contributed by atoms with E-state index in [4.69, 9.17) is 0 Å². The Kier molecular flexibility index (Phi) is 13.5. The maximum absolute atomic E-state index is 2.69. The molecule has 0 fully saturated rings. The molecule has 1 radical (unpaired) electrons. The molecule has 0 aromatic heterocycles. The van der Waals surface area contributed by atoms with Crippen molar-refractivity contribution in [3.63, 3.8) is 0 Å². The van der Waals surface area contributed by atoms with Gasteiger partial charge in [0.2, 0.25) is 0 Å². The van der Waals surface area contributed by atoms with Crippen molar-refractivity contribution in [3.8, 4) is 0 Å². The second-order valence-electron chi connectivity index (χ2n) is 10.5. The Bertz CT molecular complexity index is 733. The van der Waals surface area contributed by atoms with Crippen molar-refractivity contribution >= 4 is 5.57 Å². The van der Waals surface area contributed by atoms with E-state index in [1.165, 1.54) is 116 Å². The zero-order valence-electron chi connectivity index (χ0n) is 23.3. The topological polar surface area (TPSA) is 0 Å². The third-order valence-corrected chi connectivity index (χ3v) is 7.70. The van der Waals surface area contributed by atoms with Crippen LogP contribution in [-0.2, 0) is 25.7 Å². The number of unbranched alkanes of at least 4 members (excludes halogenated alkanes) is 6. The minimum absolute atomic E-state index is 1.28. The van der Waals surface area contributed by atoms with E-state index in [1.807, 2.05) is 0 Å². The van der Waals surface area contributed by atoms with Crippen molar-refractivity contribution in [2.24, 2.45) is 0 Å². The summed E-state index contributed by atoms with van der Waals surface area (Å²) >= 11 is 0. The summed E-state index contributed by atoms with van der Waals surface area (Å²) in [5, 5.41) is 0. The molecule has 187 valence electrons. The van der Waals surface area contributed by atoms with Gasteiger partial charge in [-0.15, -0.1) is 0 Å². The lowest BCUT2D eigenvalue weighted by Gasteiger charge is -2.26. The van der Waals surface area contributed by atoms with Gasteiger partial charge in [0.15, 0.2) is 0 Å². The molecule has 0 saturated heterocycles. The molecule has 0 heterocycles. The largest absolute Gasteiger partial charge is 0.0654 e. The Morgan fingerprint density at radius 3 is 1.33 bits per heavy atom. The van der Waals surface area contributed by atoms with Crippen LogP contribution in [0.2, 0.25) is 0 Å². The lowest BCUT2D eigenvalue weighted by molar-refractivity contribution is 0.715. The van der Waals surface area contributed by atoms with Gasteiger partial charge in [-0.25, -0.2) is 0 Å². The highest BCUT2D eigenvalue weighted by molar-refractivity contribution is 5.85. The van der Waals surface area contributed by atoms with Crippen LogP contribution in [-0.4, -0.2) is 0 Å². The molecule has 0 atom stereocenters. The summed E-state index contributed by atoms with van der Waals surface area (Å²) < 4.78 is 0. The van der Waals surface area contributed by atoms with Gasteiger partial charge in [-0.05, 0) is 116 Å². The molecule has 33 heavy (non-hydrogen) atoms. The van der Waals surface area contributed by atoms with E-state index in [9.17, 15) is 0 Å². The van der Waals surface area contributed by atoms with Crippen molar-refractivity contribution in [1.29, 1.82) is 0 Å². The first-order valence-corrected chi connectivity index (χ1v) is 14.9. The molecule has 0 unspecified atom stereocenters. The van der Waals surface area contributed by atoms with Crippen LogP contribution in [0.15, 0.2) is 5.57 Å². The van der Waals surface area contributed by atoms with E-state index in [2.05, 4.69) is 48.0 Å². The van der Waals surface area contributed by atoms with E-state index >= 15 is 0 Å². The summed E-state index contributed by atoms with van der Waals surface area (Å²) in [4.78, 5) is 0. The molecule has 0 nitrogen and oxygen atoms in total. The molecular weight excluding hydrogens is 396 g/mol. The van der Waals surface area contributed by atoms with Crippen LogP contribution in [0.4, 0.5) is 0 Å². The minimum atomic E-state index is 1.28. The Morgan fingerprint density at radius 1 is 0.424 bits per heavy atom. The van der Waals surface area contributed by atoms with Gasteiger partial charge in [0.05, 0.1) is 0 Å². The molecule has 1 aliphatic rings. The normalized spacial score (nSPS) is 13.3. The Morgan fingerprint density at radius 2 is 0.818 bits per heavy atom. The third-order valence-electron chi connectivity index (χ3n) is 7.70. The van der Waals surface area contributed by atoms with Crippen molar-refractivity contribution in [3.05, 3.63) is 45.4 Å². The van der Waals surface area contributed by atoms with E-state index < -0.39 is 0 Å². The predicted molar refractivity (Wildman–Crippen MR) is 150 cm³/mol. The average molecular weight is 452 g/mol. The van der Waals surface area contributed by atoms with Gasteiger partial charge in [0, 0.05) is 6.42 Å². The summed E-state index contributed by atoms with van der Waals surface area (Å²) in [5.41, 5.74) is 14.0. The van der Waals surface area contributed by atoms with E-state index in [0.29, 0.717) is 0 Å². The van der Waals surface area contributed by atoms with Crippen LogP contribution in [0, 0.1) is 6.42 Å². The Labute approximate surface area is 208 Å². The highest BCUT2D eigenvalue weighted by atomic mass is 14.3. The van der Waals surface area contributed by atoms with Gasteiger partial charge in [0.1, 0.15) is 0 Å². The summed E-state index contributed by atoms with van der Waals surface area (Å²) in [6.07, 6.45) is 26.2. The summed E-state index contributed by atoms with van der Waals surface area (Å²) in [6.45, 7) is 14.2. The van der Waals surface area contributed by atoms with Gasteiger partial charge in [-0.1, -0.05) is 85.6 Å². The zero-order valence-corrected chi connectivity index (χ0v) is 23.3. The van der Waals surface area contributed by atoms with Gasteiger partial charge in [-0.2, -0.15) is 0 Å². The maximum Gasteiger partial charge on any atom is 0.0170 e. The SMILES string of the molecule is CCCCC1=C(CCCC)c2c(c(CCCC)c(CCCC)c(CCCC)c2CCCC)[CH]1. The zero-order chi connectivity index (χ0) is 24.1. The Hall–Kier alpha value is -1.04. The van der Waals surface area contributed by atoms with Gasteiger partial charge >= 0.3 is 0 Å². The first kappa shape index (κ1) is 28.2. The number of hydrogen-bond acceptors (Lipinski definition) is 0. The number of fused-ring (bicyclic) bond motifs is 1. The van der Waals surface area contributed by atoms with Crippen molar-refractivity contribution in [1.82, 2.24) is 0 Å². The van der Waals surface area contributed by atoms with Crippen LogP contribution in [0.5, 0.6) is 0 Å². The molecule has 2 rings (SSSR count). The van der Waals surface area contributed by atoms with Crippen LogP contribution < -0.4 is 0 Å². The quantitative estimate of drug-likeness (QED) is 0.208. The van der Waals surface area contributed by atoms with Gasteiger partial charge in [-0.3, -0.25) is 0 Å². The monoisotopic (exact) mass is 451 g/mol. The smallest absolute Gasteiger partial charge is 0.0170 e. The van der Waals surface area contributed by atoms with Crippen molar-refractivity contribution < 1.29 is 0 Å². The van der Waals surface area contributed by atoms with Gasteiger partial charge < -0.3 is 0 Å². The highest BCUT2D eigenvalue weighted by Crippen LogP contribution is 2.47.